The second kappa shape index (κ2) is 5.44. The number of aryl methyl sites for hydroxylation is 1. The Labute approximate surface area is 112 Å². The van der Waals surface area contributed by atoms with Crippen LogP contribution in [0.5, 0.6) is 0 Å². The van der Waals surface area contributed by atoms with Crippen LogP contribution < -0.4 is 10.5 Å². The lowest BCUT2D eigenvalue weighted by molar-refractivity contribution is 0.0832. The van der Waals surface area contributed by atoms with Gasteiger partial charge < -0.3 is 10.5 Å². The van der Waals surface area contributed by atoms with Crippen LogP contribution in [0, 0.1) is 12.7 Å². The molecule has 1 aromatic rings. The van der Waals surface area contributed by atoms with Crippen LogP contribution in [0.3, 0.4) is 0 Å². The standard InChI is InChI=1S/C12H17FN2O3S/c1-8-6-10(13)12(7-11(8)14)19(16,17)15-9-2-4-18-5-3-9/h6-7,9,15H,2-5,14H2,1H3. The second-order valence-electron chi connectivity index (χ2n) is 4.65. The summed E-state index contributed by atoms with van der Waals surface area (Å²) in [6, 6.07) is 2.07. The predicted octanol–water partition coefficient (Wildman–Crippen LogP) is 1.17. The third-order valence-corrected chi connectivity index (χ3v) is 4.69. The Morgan fingerprint density at radius 3 is 2.63 bits per heavy atom. The number of ether oxygens (including phenoxy) is 1. The first kappa shape index (κ1) is 14.2. The fraction of sp³-hybridized carbons (Fsp3) is 0.500. The Hall–Kier alpha value is -1.18. The third-order valence-electron chi connectivity index (χ3n) is 3.15. The largest absolute Gasteiger partial charge is 0.398 e. The molecule has 1 heterocycles. The molecule has 7 heteroatoms. The van der Waals surface area contributed by atoms with Gasteiger partial charge in [-0.1, -0.05) is 0 Å². The van der Waals surface area contributed by atoms with Gasteiger partial charge in [-0.05, 0) is 37.5 Å². The van der Waals surface area contributed by atoms with Crippen molar-refractivity contribution in [2.45, 2.75) is 30.7 Å². The summed E-state index contributed by atoms with van der Waals surface area (Å²) >= 11 is 0. The molecule has 106 valence electrons. The van der Waals surface area contributed by atoms with Crippen molar-refractivity contribution in [3.8, 4) is 0 Å². The molecule has 0 amide bonds. The summed E-state index contributed by atoms with van der Waals surface area (Å²) in [6.07, 6.45) is 1.17. The Bertz CT molecular complexity index is 569. The van der Waals surface area contributed by atoms with Crippen molar-refractivity contribution in [2.75, 3.05) is 18.9 Å². The number of hydrogen-bond donors (Lipinski definition) is 2. The molecule has 0 atom stereocenters. The molecule has 0 aromatic heterocycles. The molecule has 0 aliphatic carbocycles. The minimum atomic E-state index is -3.89. The Kier molecular flexibility index (Phi) is 4.07. The molecular weight excluding hydrogens is 271 g/mol. The first-order valence-corrected chi connectivity index (χ1v) is 7.54. The van der Waals surface area contributed by atoms with Crippen LogP contribution in [0.25, 0.3) is 0 Å². The number of halogens is 1. The van der Waals surface area contributed by atoms with Crippen LogP contribution in [-0.2, 0) is 14.8 Å². The van der Waals surface area contributed by atoms with Gasteiger partial charge in [-0.2, -0.15) is 0 Å². The molecule has 0 bridgehead atoms. The molecule has 1 aliphatic rings. The molecule has 2 rings (SSSR count). The van der Waals surface area contributed by atoms with Crippen LogP contribution in [0.4, 0.5) is 10.1 Å². The lowest BCUT2D eigenvalue weighted by atomic mass is 10.1. The average molecular weight is 288 g/mol. The molecule has 0 saturated carbocycles. The highest BCUT2D eigenvalue weighted by Crippen LogP contribution is 2.22. The van der Waals surface area contributed by atoms with E-state index in [-0.39, 0.29) is 11.7 Å². The molecule has 1 aromatic carbocycles. The van der Waals surface area contributed by atoms with Crippen molar-refractivity contribution >= 4 is 15.7 Å². The summed E-state index contributed by atoms with van der Waals surface area (Å²) in [5, 5.41) is 0. The average Bonchev–Trinajstić information content (AvgIpc) is 2.34. The number of nitrogens with one attached hydrogen (secondary N) is 1. The topological polar surface area (TPSA) is 81.4 Å². The van der Waals surface area contributed by atoms with Gasteiger partial charge in [-0.15, -0.1) is 0 Å². The molecule has 1 saturated heterocycles. The van der Waals surface area contributed by atoms with E-state index in [4.69, 9.17) is 10.5 Å². The van der Waals surface area contributed by atoms with Gasteiger partial charge >= 0.3 is 0 Å². The van der Waals surface area contributed by atoms with E-state index in [1.54, 1.807) is 6.92 Å². The van der Waals surface area contributed by atoms with Crippen molar-refractivity contribution in [3.63, 3.8) is 0 Å². The minimum Gasteiger partial charge on any atom is -0.398 e. The first-order chi connectivity index (χ1) is 8.90. The van der Waals surface area contributed by atoms with Crippen LogP contribution in [0.15, 0.2) is 17.0 Å². The van der Waals surface area contributed by atoms with Crippen molar-refractivity contribution < 1.29 is 17.5 Å². The fourth-order valence-corrected chi connectivity index (χ4v) is 3.37. The molecule has 1 fully saturated rings. The summed E-state index contributed by atoms with van der Waals surface area (Å²) in [6.45, 7) is 2.64. The van der Waals surface area contributed by atoms with E-state index in [2.05, 4.69) is 4.72 Å². The first-order valence-electron chi connectivity index (χ1n) is 6.06. The van der Waals surface area contributed by atoms with Crippen molar-refractivity contribution in [1.29, 1.82) is 0 Å². The number of anilines is 1. The van der Waals surface area contributed by atoms with Gasteiger partial charge in [0.2, 0.25) is 10.0 Å². The third kappa shape index (κ3) is 3.23. The highest BCUT2D eigenvalue weighted by molar-refractivity contribution is 7.89. The van der Waals surface area contributed by atoms with E-state index in [1.165, 1.54) is 0 Å². The van der Waals surface area contributed by atoms with Gasteiger partial charge in [0.25, 0.3) is 0 Å². The number of benzene rings is 1. The molecule has 1 aliphatic heterocycles. The molecule has 3 N–H and O–H groups in total. The number of hydrogen-bond acceptors (Lipinski definition) is 4. The summed E-state index contributed by atoms with van der Waals surface area (Å²) in [5.74, 6) is -0.786. The highest BCUT2D eigenvalue weighted by atomic mass is 32.2. The number of rotatable bonds is 3. The zero-order valence-electron chi connectivity index (χ0n) is 10.6. The van der Waals surface area contributed by atoms with Crippen LogP contribution in [-0.4, -0.2) is 27.7 Å². The van der Waals surface area contributed by atoms with Crippen LogP contribution in [0.2, 0.25) is 0 Å². The van der Waals surface area contributed by atoms with E-state index >= 15 is 0 Å². The van der Waals surface area contributed by atoms with Crippen LogP contribution >= 0.6 is 0 Å². The van der Waals surface area contributed by atoms with E-state index in [0.717, 1.165) is 12.1 Å². The maximum atomic E-state index is 13.8. The number of nitrogen functional groups attached to an aromatic ring is 1. The Morgan fingerprint density at radius 2 is 2.00 bits per heavy atom. The summed E-state index contributed by atoms with van der Waals surface area (Å²) in [4.78, 5) is -0.401. The summed E-state index contributed by atoms with van der Waals surface area (Å²) in [5.41, 5.74) is 6.41. The molecule has 0 unspecified atom stereocenters. The maximum absolute atomic E-state index is 13.8. The van der Waals surface area contributed by atoms with Crippen molar-refractivity contribution in [2.24, 2.45) is 0 Å². The van der Waals surface area contributed by atoms with Crippen LogP contribution in [0.1, 0.15) is 18.4 Å². The van der Waals surface area contributed by atoms with Gasteiger partial charge in [0.05, 0.1) is 0 Å². The Morgan fingerprint density at radius 1 is 1.37 bits per heavy atom. The maximum Gasteiger partial charge on any atom is 0.243 e. The molecule has 19 heavy (non-hydrogen) atoms. The van der Waals surface area contributed by atoms with Crippen molar-refractivity contribution in [1.82, 2.24) is 4.72 Å². The normalized spacial score (nSPS) is 17.6. The summed E-state index contributed by atoms with van der Waals surface area (Å²) in [7, 11) is -3.89. The van der Waals surface area contributed by atoms with Gasteiger partial charge in [-0.3, -0.25) is 0 Å². The van der Waals surface area contributed by atoms with Gasteiger partial charge in [0.15, 0.2) is 0 Å². The lowest BCUT2D eigenvalue weighted by Gasteiger charge is -2.23. The smallest absolute Gasteiger partial charge is 0.243 e. The van der Waals surface area contributed by atoms with E-state index in [1.807, 2.05) is 0 Å². The Balaban J connectivity index is 2.26. The number of sulfonamides is 1. The molecule has 0 radical (unpaired) electrons. The predicted molar refractivity (Wildman–Crippen MR) is 69.7 cm³/mol. The van der Waals surface area contributed by atoms with Gasteiger partial charge in [0, 0.05) is 24.9 Å². The zero-order chi connectivity index (χ0) is 14.0. The van der Waals surface area contributed by atoms with E-state index in [0.29, 0.717) is 31.6 Å². The van der Waals surface area contributed by atoms with E-state index in [9.17, 15) is 12.8 Å². The molecule has 5 nitrogen and oxygen atoms in total. The minimum absolute atomic E-state index is 0.222. The quantitative estimate of drug-likeness (QED) is 0.818. The SMILES string of the molecule is Cc1cc(F)c(S(=O)(=O)NC2CCOCC2)cc1N. The lowest BCUT2D eigenvalue weighted by Crippen LogP contribution is -2.39. The number of nitrogens with two attached hydrogens (primary N) is 1. The second-order valence-corrected chi connectivity index (χ2v) is 6.33. The van der Waals surface area contributed by atoms with Gasteiger partial charge in [-0.25, -0.2) is 17.5 Å². The fourth-order valence-electron chi connectivity index (χ4n) is 1.97. The zero-order valence-corrected chi connectivity index (χ0v) is 11.5. The monoisotopic (exact) mass is 288 g/mol. The highest BCUT2D eigenvalue weighted by Gasteiger charge is 2.25. The van der Waals surface area contributed by atoms with Crippen molar-refractivity contribution in [3.05, 3.63) is 23.5 Å². The molecular formula is C12H17FN2O3S. The summed E-state index contributed by atoms with van der Waals surface area (Å²) < 4.78 is 45.7. The van der Waals surface area contributed by atoms with Gasteiger partial charge in [0.1, 0.15) is 10.7 Å². The van der Waals surface area contributed by atoms with E-state index < -0.39 is 20.7 Å². The molecule has 0 spiro atoms.